The molecule has 1 heterocycles. The molecule has 1 aliphatic rings. The van der Waals surface area contributed by atoms with Crippen LogP contribution < -0.4 is 0 Å². The number of carbonyl (C=O) groups excluding carboxylic acids is 2. The number of likely N-dealkylation sites (tertiary alicyclic amines) is 1. The Labute approximate surface area is 85.5 Å². The third-order valence-electron chi connectivity index (χ3n) is 3.72. The van der Waals surface area contributed by atoms with Gasteiger partial charge in [0.05, 0.1) is 11.5 Å². The van der Waals surface area contributed by atoms with Crippen LogP contribution in [0.2, 0.25) is 0 Å². The molecule has 0 aromatic carbocycles. The molecule has 3 heteroatoms. The highest BCUT2D eigenvalue weighted by Gasteiger charge is 2.53. The molecule has 0 radical (unpaired) electrons. The Balaban J connectivity index is 3.05. The van der Waals surface area contributed by atoms with Gasteiger partial charge in [-0.25, -0.2) is 0 Å². The highest BCUT2D eigenvalue weighted by Crippen LogP contribution is 2.47. The van der Waals surface area contributed by atoms with Crippen molar-refractivity contribution in [2.45, 2.75) is 40.2 Å². The SMILES string of the molecule is CN1C(=O)C(C)(C(C)(C)C)CC1C=O. The summed E-state index contributed by atoms with van der Waals surface area (Å²) in [4.78, 5) is 24.4. The number of hydrogen-bond acceptors (Lipinski definition) is 2. The van der Waals surface area contributed by atoms with Gasteiger partial charge in [0.25, 0.3) is 0 Å². The van der Waals surface area contributed by atoms with Crippen LogP contribution in [0.15, 0.2) is 0 Å². The standard InChI is InChI=1S/C11H19NO2/c1-10(2,3)11(4)6-8(7-13)12(5)9(11)14/h7-8H,6H2,1-5H3. The third-order valence-corrected chi connectivity index (χ3v) is 3.72. The second-order valence-corrected chi connectivity index (χ2v) is 5.41. The molecule has 2 unspecified atom stereocenters. The molecule has 0 bridgehead atoms. The van der Waals surface area contributed by atoms with Crippen molar-refractivity contribution in [2.75, 3.05) is 7.05 Å². The van der Waals surface area contributed by atoms with E-state index in [9.17, 15) is 9.59 Å². The number of likely N-dealkylation sites (N-methyl/N-ethyl adjacent to an activating group) is 1. The van der Waals surface area contributed by atoms with Gasteiger partial charge in [-0.15, -0.1) is 0 Å². The number of rotatable bonds is 1. The molecular formula is C11H19NO2. The average Bonchev–Trinajstić information content (AvgIpc) is 2.29. The van der Waals surface area contributed by atoms with Crippen LogP contribution in [0.1, 0.15) is 34.1 Å². The van der Waals surface area contributed by atoms with E-state index in [4.69, 9.17) is 0 Å². The maximum atomic E-state index is 12.0. The Kier molecular flexibility index (Phi) is 2.46. The summed E-state index contributed by atoms with van der Waals surface area (Å²) in [5.74, 6) is 0.0853. The van der Waals surface area contributed by atoms with E-state index in [1.807, 2.05) is 27.7 Å². The van der Waals surface area contributed by atoms with Gasteiger partial charge in [0, 0.05) is 7.05 Å². The van der Waals surface area contributed by atoms with Crippen molar-refractivity contribution in [3.63, 3.8) is 0 Å². The molecule has 0 N–H and O–H groups in total. The minimum absolute atomic E-state index is 0.0853. The van der Waals surface area contributed by atoms with Gasteiger partial charge < -0.3 is 9.69 Å². The van der Waals surface area contributed by atoms with Crippen LogP contribution in [0.3, 0.4) is 0 Å². The highest BCUT2D eigenvalue weighted by atomic mass is 16.2. The molecular weight excluding hydrogens is 178 g/mol. The van der Waals surface area contributed by atoms with Gasteiger partial charge >= 0.3 is 0 Å². The summed E-state index contributed by atoms with van der Waals surface area (Å²) in [6.45, 7) is 8.10. The number of nitrogens with zero attached hydrogens (tertiary/aromatic N) is 1. The van der Waals surface area contributed by atoms with E-state index in [0.29, 0.717) is 6.42 Å². The summed E-state index contributed by atoms with van der Waals surface area (Å²) in [6.07, 6.45) is 1.50. The molecule has 0 aromatic heterocycles. The molecule has 14 heavy (non-hydrogen) atoms. The van der Waals surface area contributed by atoms with Crippen molar-refractivity contribution >= 4 is 12.2 Å². The minimum Gasteiger partial charge on any atom is -0.335 e. The molecule has 2 atom stereocenters. The third kappa shape index (κ3) is 1.35. The van der Waals surface area contributed by atoms with Crippen molar-refractivity contribution < 1.29 is 9.59 Å². The lowest BCUT2D eigenvalue weighted by molar-refractivity contribution is -0.140. The van der Waals surface area contributed by atoms with Crippen LogP contribution >= 0.6 is 0 Å². The zero-order chi connectivity index (χ0) is 11.1. The summed E-state index contributed by atoms with van der Waals surface area (Å²) < 4.78 is 0. The molecule has 0 spiro atoms. The lowest BCUT2D eigenvalue weighted by atomic mass is 9.66. The Bertz CT molecular complexity index is 267. The number of amides is 1. The first-order valence-corrected chi connectivity index (χ1v) is 4.96. The normalized spacial score (nSPS) is 33.6. The molecule has 1 rings (SSSR count). The molecule has 1 aliphatic heterocycles. The van der Waals surface area contributed by atoms with Crippen LogP contribution in [0.5, 0.6) is 0 Å². The summed E-state index contributed by atoms with van der Waals surface area (Å²) in [5, 5.41) is 0. The highest BCUT2D eigenvalue weighted by molar-refractivity contribution is 5.89. The van der Waals surface area contributed by atoms with Crippen molar-refractivity contribution in [3.8, 4) is 0 Å². The Hall–Kier alpha value is -0.860. The van der Waals surface area contributed by atoms with Crippen LogP contribution in [-0.4, -0.2) is 30.2 Å². The van der Waals surface area contributed by atoms with Gasteiger partial charge in [-0.1, -0.05) is 27.7 Å². The largest absolute Gasteiger partial charge is 0.335 e. The summed E-state index contributed by atoms with van der Waals surface area (Å²) in [5.41, 5.74) is -0.510. The van der Waals surface area contributed by atoms with Gasteiger partial charge in [0.15, 0.2) is 0 Å². The van der Waals surface area contributed by atoms with E-state index in [2.05, 4.69) is 0 Å². The molecule has 1 saturated heterocycles. The Morgan fingerprint density at radius 2 is 2.00 bits per heavy atom. The summed E-state index contributed by atoms with van der Waals surface area (Å²) in [6, 6.07) is -0.244. The van der Waals surface area contributed by atoms with Crippen molar-refractivity contribution in [1.29, 1.82) is 0 Å². The molecule has 0 aliphatic carbocycles. The van der Waals surface area contributed by atoms with Gasteiger partial charge in [-0.05, 0) is 11.8 Å². The lowest BCUT2D eigenvalue weighted by Gasteiger charge is -2.36. The summed E-state index contributed by atoms with van der Waals surface area (Å²) in [7, 11) is 1.71. The van der Waals surface area contributed by atoms with Crippen molar-refractivity contribution in [1.82, 2.24) is 4.90 Å². The van der Waals surface area contributed by atoms with Gasteiger partial charge in [-0.2, -0.15) is 0 Å². The monoisotopic (exact) mass is 197 g/mol. The maximum absolute atomic E-state index is 12.0. The first-order valence-electron chi connectivity index (χ1n) is 4.96. The second kappa shape index (κ2) is 3.07. The fourth-order valence-corrected chi connectivity index (χ4v) is 1.95. The van der Waals surface area contributed by atoms with E-state index < -0.39 is 5.41 Å². The number of aldehydes is 1. The van der Waals surface area contributed by atoms with Crippen LogP contribution in [-0.2, 0) is 9.59 Å². The second-order valence-electron chi connectivity index (χ2n) is 5.41. The average molecular weight is 197 g/mol. The van der Waals surface area contributed by atoms with Crippen LogP contribution in [0, 0.1) is 10.8 Å². The Morgan fingerprint density at radius 3 is 2.21 bits per heavy atom. The van der Waals surface area contributed by atoms with Crippen molar-refractivity contribution in [3.05, 3.63) is 0 Å². The quantitative estimate of drug-likeness (QED) is 0.597. The van der Waals surface area contributed by atoms with E-state index in [0.717, 1.165) is 6.29 Å². The summed E-state index contributed by atoms with van der Waals surface area (Å²) >= 11 is 0. The predicted molar refractivity (Wildman–Crippen MR) is 54.8 cm³/mol. The minimum atomic E-state index is -0.409. The number of carbonyl (C=O) groups is 2. The Morgan fingerprint density at radius 1 is 1.50 bits per heavy atom. The lowest BCUT2D eigenvalue weighted by Crippen LogP contribution is -2.40. The predicted octanol–water partition coefficient (Wildman–Crippen LogP) is 1.47. The molecule has 0 saturated carbocycles. The van der Waals surface area contributed by atoms with Gasteiger partial charge in [0.1, 0.15) is 6.29 Å². The first-order chi connectivity index (χ1) is 6.24. The van der Waals surface area contributed by atoms with E-state index in [1.165, 1.54) is 0 Å². The van der Waals surface area contributed by atoms with Crippen molar-refractivity contribution in [2.24, 2.45) is 10.8 Å². The topological polar surface area (TPSA) is 37.4 Å². The maximum Gasteiger partial charge on any atom is 0.229 e. The zero-order valence-corrected chi connectivity index (χ0v) is 9.63. The van der Waals surface area contributed by atoms with E-state index in [-0.39, 0.29) is 17.4 Å². The molecule has 1 fully saturated rings. The molecule has 3 nitrogen and oxygen atoms in total. The van der Waals surface area contributed by atoms with Crippen LogP contribution in [0.25, 0.3) is 0 Å². The van der Waals surface area contributed by atoms with E-state index >= 15 is 0 Å². The first kappa shape index (κ1) is 11.2. The fourth-order valence-electron chi connectivity index (χ4n) is 1.95. The molecule has 80 valence electrons. The zero-order valence-electron chi connectivity index (χ0n) is 9.63. The molecule has 0 aromatic rings. The molecule has 1 amide bonds. The van der Waals surface area contributed by atoms with Gasteiger partial charge in [0.2, 0.25) is 5.91 Å². The van der Waals surface area contributed by atoms with Crippen LogP contribution in [0.4, 0.5) is 0 Å². The van der Waals surface area contributed by atoms with Gasteiger partial charge in [-0.3, -0.25) is 4.79 Å². The van der Waals surface area contributed by atoms with E-state index in [1.54, 1.807) is 11.9 Å². The number of hydrogen-bond donors (Lipinski definition) is 0. The fraction of sp³-hybridized carbons (Fsp3) is 0.818. The smallest absolute Gasteiger partial charge is 0.229 e.